The Morgan fingerprint density at radius 2 is 1.86 bits per heavy atom. The van der Waals surface area contributed by atoms with Crippen molar-refractivity contribution in [3.63, 3.8) is 0 Å². The van der Waals surface area contributed by atoms with Gasteiger partial charge < -0.3 is 4.74 Å². The molecule has 0 aliphatic carbocycles. The van der Waals surface area contributed by atoms with Gasteiger partial charge in [0.1, 0.15) is 12.3 Å². The molecule has 0 radical (unpaired) electrons. The van der Waals surface area contributed by atoms with Gasteiger partial charge in [-0.3, -0.25) is 4.79 Å². The van der Waals surface area contributed by atoms with E-state index in [4.69, 9.17) is 4.74 Å². The highest BCUT2D eigenvalue weighted by atomic mass is 16.5. The van der Waals surface area contributed by atoms with Gasteiger partial charge in [0.25, 0.3) is 5.91 Å². The summed E-state index contributed by atoms with van der Waals surface area (Å²) in [6.07, 6.45) is 0.118. The van der Waals surface area contributed by atoms with E-state index in [1.54, 1.807) is 0 Å². The molecule has 0 atom stereocenters. The van der Waals surface area contributed by atoms with Crippen molar-refractivity contribution >= 4 is 11.6 Å². The van der Waals surface area contributed by atoms with E-state index in [9.17, 15) is 4.79 Å². The first-order chi connectivity index (χ1) is 13.5. The van der Waals surface area contributed by atoms with Gasteiger partial charge in [0, 0.05) is 5.56 Å². The van der Waals surface area contributed by atoms with Crippen molar-refractivity contribution in [1.29, 1.82) is 0 Å². The molecule has 144 valence electrons. The van der Waals surface area contributed by atoms with Crippen molar-refractivity contribution in [3.05, 3.63) is 60.2 Å². The number of carbonyl (C=O) groups excluding carboxylic acids is 1. The Morgan fingerprint density at radius 3 is 2.54 bits per heavy atom. The van der Waals surface area contributed by atoms with E-state index in [1.165, 1.54) is 4.80 Å². The maximum atomic E-state index is 12.1. The second-order valence-corrected chi connectivity index (χ2v) is 6.43. The van der Waals surface area contributed by atoms with E-state index >= 15 is 0 Å². The van der Waals surface area contributed by atoms with Crippen molar-refractivity contribution in [3.8, 4) is 17.1 Å². The maximum Gasteiger partial charge on any atom is 0.263 e. The maximum absolute atomic E-state index is 12.1. The molecular formula is C20H22N6O2. The van der Waals surface area contributed by atoms with E-state index < -0.39 is 0 Å². The lowest BCUT2D eigenvalue weighted by molar-refractivity contribution is -0.122. The standard InChI is InChI=1S/C20H22N6O2/c1-14(2)28-18-11-9-16(10-12-18)15(3)21-22-19(27)13-26-24-20(23-25-26)17-7-5-4-6-8-17/h4-12,14H,13H2,1-3H3,(H,22,27)/b21-15-. The summed E-state index contributed by atoms with van der Waals surface area (Å²) in [5.74, 6) is 0.926. The Morgan fingerprint density at radius 1 is 1.14 bits per heavy atom. The fourth-order valence-electron chi connectivity index (χ4n) is 2.43. The summed E-state index contributed by atoms with van der Waals surface area (Å²) < 4.78 is 5.62. The lowest BCUT2D eigenvalue weighted by Crippen LogP contribution is -2.25. The molecule has 28 heavy (non-hydrogen) atoms. The van der Waals surface area contributed by atoms with E-state index in [0.717, 1.165) is 16.9 Å². The third-order valence-electron chi connectivity index (χ3n) is 3.76. The minimum atomic E-state index is -0.337. The van der Waals surface area contributed by atoms with Crippen molar-refractivity contribution in [1.82, 2.24) is 25.6 Å². The van der Waals surface area contributed by atoms with Gasteiger partial charge in [-0.05, 0) is 55.8 Å². The van der Waals surface area contributed by atoms with Crippen LogP contribution in [0.2, 0.25) is 0 Å². The second-order valence-electron chi connectivity index (χ2n) is 6.43. The average molecular weight is 378 g/mol. The molecule has 0 fully saturated rings. The van der Waals surface area contributed by atoms with Crippen LogP contribution in [0.1, 0.15) is 26.3 Å². The molecule has 1 aromatic heterocycles. The second kappa shape index (κ2) is 8.90. The van der Waals surface area contributed by atoms with E-state index in [0.29, 0.717) is 11.5 Å². The summed E-state index contributed by atoms with van der Waals surface area (Å²) in [5.41, 5.74) is 4.93. The van der Waals surface area contributed by atoms with E-state index in [-0.39, 0.29) is 18.6 Å². The number of nitrogens with one attached hydrogen (secondary N) is 1. The molecule has 1 amide bonds. The van der Waals surface area contributed by atoms with Gasteiger partial charge in [-0.1, -0.05) is 30.3 Å². The highest BCUT2D eigenvalue weighted by molar-refractivity contribution is 5.99. The third kappa shape index (κ3) is 5.23. The minimum Gasteiger partial charge on any atom is -0.491 e. The SMILES string of the molecule is C/C(=N/NC(=O)Cn1nnc(-c2ccccc2)n1)c1ccc(OC(C)C)cc1. The number of rotatable bonds is 7. The van der Waals surface area contributed by atoms with E-state index in [2.05, 4.69) is 25.9 Å². The first-order valence-electron chi connectivity index (χ1n) is 8.94. The van der Waals surface area contributed by atoms with Crippen LogP contribution in [0.5, 0.6) is 5.75 Å². The molecule has 3 rings (SSSR count). The molecule has 8 nitrogen and oxygen atoms in total. The number of nitrogens with zero attached hydrogens (tertiary/aromatic N) is 5. The van der Waals surface area contributed by atoms with Crippen LogP contribution in [-0.2, 0) is 11.3 Å². The molecule has 1 N–H and O–H groups in total. The van der Waals surface area contributed by atoms with Crippen molar-refractivity contribution in [2.24, 2.45) is 5.10 Å². The quantitative estimate of drug-likeness (QED) is 0.504. The number of hydrazone groups is 1. The Balaban J connectivity index is 1.57. The van der Waals surface area contributed by atoms with Gasteiger partial charge in [0.2, 0.25) is 5.82 Å². The molecular weight excluding hydrogens is 356 g/mol. The number of hydrogen-bond donors (Lipinski definition) is 1. The zero-order valence-corrected chi connectivity index (χ0v) is 16.0. The van der Waals surface area contributed by atoms with Crippen molar-refractivity contribution in [2.75, 3.05) is 0 Å². The largest absolute Gasteiger partial charge is 0.491 e. The van der Waals surface area contributed by atoms with Gasteiger partial charge in [0.15, 0.2) is 0 Å². The normalized spacial score (nSPS) is 11.5. The number of benzene rings is 2. The first-order valence-corrected chi connectivity index (χ1v) is 8.94. The summed E-state index contributed by atoms with van der Waals surface area (Å²) in [6, 6.07) is 17.0. The van der Waals surface area contributed by atoms with Crippen LogP contribution in [0, 0.1) is 0 Å². The van der Waals surface area contributed by atoms with Gasteiger partial charge in [-0.2, -0.15) is 9.90 Å². The highest BCUT2D eigenvalue weighted by Crippen LogP contribution is 2.14. The van der Waals surface area contributed by atoms with Gasteiger partial charge in [0.05, 0.1) is 11.8 Å². The monoisotopic (exact) mass is 378 g/mol. The van der Waals surface area contributed by atoms with Crippen molar-refractivity contribution < 1.29 is 9.53 Å². The molecule has 0 bridgehead atoms. The van der Waals surface area contributed by atoms with Crippen LogP contribution in [-0.4, -0.2) is 37.9 Å². The van der Waals surface area contributed by atoms with Crippen LogP contribution in [0.3, 0.4) is 0 Å². The Bertz CT molecular complexity index is 948. The van der Waals surface area contributed by atoms with E-state index in [1.807, 2.05) is 75.4 Å². The molecule has 0 spiro atoms. The smallest absolute Gasteiger partial charge is 0.263 e. The number of amides is 1. The summed E-state index contributed by atoms with van der Waals surface area (Å²) >= 11 is 0. The van der Waals surface area contributed by atoms with Gasteiger partial charge >= 0.3 is 0 Å². The van der Waals surface area contributed by atoms with Gasteiger partial charge in [-0.15, -0.1) is 10.2 Å². The van der Waals surface area contributed by atoms with Crippen LogP contribution < -0.4 is 10.2 Å². The van der Waals surface area contributed by atoms with Crippen LogP contribution in [0.15, 0.2) is 59.7 Å². The van der Waals surface area contributed by atoms with Gasteiger partial charge in [-0.25, -0.2) is 5.43 Å². The number of carbonyl (C=O) groups is 1. The predicted octanol–water partition coefficient (Wildman–Crippen LogP) is 2.67. The molecule has 0 aliphatic rings. The topological polar surface area (TPSA) is 94.3 Å². The minimum absolute atomic E-state index is 0.0716. The lowest BCUT2D eigenvalue weighted by Gasteiger charge is -2.10. The fraction of sp³-hybridized carbons (Fsp3) is 0.250. The fourth-order valence-corrected chi connectivity index (χ4v) is 2.43. The average Bonchev–Trinajstić information content (AvgIpc) is 3.15. The number of aromatic nitrogens is 4. The van der Waals surface area contributed by atoms with Crippen LogP contribution in [0.4, 0.5) is 0 Å². The Labute approximate surface area is 163 Å². The molecule has 0 unspecified atom stereocenters. The molecule has 8 heteroatoms. The summed E-state index contributed by atoms with van der Waals surface area (Å²) in [6.45, 7) is 5.70. The molecule has 0 saturated carbocycles. The molecule has 2 aromatic carbocycles. The first kappa shape index (κ1) is 19.2. The summed E-state index contributed by atoms with van der Waals surface area (Å²) in [7, 11) is 0. The molecule has 0 aliphatic heterocycles. The Kier molecular flexibility index (Phi) is 6.11. The molecule has 1 heterocycles. The number of hydrogen-bond acceptors (Lipinski definition) is 6. The zero-order chi connectivity index (χ0) is 19.9. The number of ether oxygens (including phenoxy) is 1. The number of tetrazole rings is 1. The zero-order valence-electron chi connectivity index (χ0n) is 16.0. The van der Waals surface area contributed by atoms with Crippen LogP contribution >= 0.6 is 0 Å². The van der Waals surface area contributed by atoms with Crippen LogP contribution in [0.25, 0.3) is 11.4 Å². The third-order valence-corrected chi connectivity index (χ3v) is 3.76. The predicted molar refractivity (Wildman–Crippen MR) is 106 cm³/mol. The molecule has 3 aromatic rings. The molecule has 0 saturated heterocycles. The summed E-state index contributed by atoms with van der Waals surface area (Å²) in [5, 5.41) is 16.2. The summed E-state index contributed by atoms with van der Waals surface area (Å²) in [4.78, 5) is 13.3. The lowest BCUT2D eigenvalue weighted by atomic mass is 10.1. The Hall–Kier alpha value is -3.55. The van der Waals surface area contributed by atoms with Crippen molar-refractivity contribution in [2.45, 2.75) is 33.4 Å². The highest BCUT2D eigenvalue weighted by Gasteiger charge is 2.09.